The second kappa shape index (κ2) is 6.31. The lowest BCUT2D eigenvalue weighted by Crippen LogP contribution is -2.15. The molecule has 0 amide bonds. The first kappa shape index (κ1) is 16.0. The zero-order chi connectivity index (χ0) is 17.3. The van der Waals surface area contributed by atoms with Gasteiger partial charge in [-0.25, -0.2) is 9.18 Å². The molecule has 0 radical (unpaired) electrons. The number of carbonyl (C=O) groups excluding carboxylic acids is 1. The van der Waals surface area contributed by atoms with Crippen LogP contribution in [0.3, 0.4) is 0 Å². The molecule has 0 unspecified atom stereocenters. The van der Waals surface area contributed by atoms with Crippen molar-refractivity contribution in [1.82, 2.24) is 4.98 Å². The Bertz CT molecular complexity index is 904. The summed E-state index contributed by atoms with van der Waals surface area (Å²) in [5, 5.41) is 0.614. The third-order valence-electron chi connectivity index (χ3n) is 3.72. The van der Waals surface area contributed by atoms with Crippen molar-refractivity contribution in [2.75, 3.05) is 18.6 Å². The van der Waals surface area contributed by atoms with Crippen molar-refractivity contribution in [2.24, 2.45) is 0 Å². The van der Waals surface area contributed by atoms with E-state index < -0.39 is 5.97 Å². The number of esters is 1. The minimum atomic E-state index is -0.594. The van der Waals surface area contributed by atoms with E-state index in [1.807, 2.05) is 6.92 Å². The minimum absolute atomic E-state index is 0.0299. The summed E-state index contributed by atoms with van der Waals surface area (Å²) >= 11 is 0. The summed E-state index contributed by atoms with van der Waals surface area (Å²) in [6, 6.07) is 6.56. The summed E-state index contributed by atoms with van der Waals surface area (Å²) in [7, 11) is 1.67. The van der Waals surface area contributed by atoms with E-state index in [1.54, 1.807) is 49.5 Å². The smallest absolute Gasteiger partial charge is 0.376 e. The molecule has 124 valence electrons. The molecule has 0 atom stereocenters. The van der Waals surface area contributed by atoms with Crippen LogP contribution in [0, 0.1) is 12.7 Å². The highest BCUT2D eigenvalue weighted by Gasteiger charge is 2.26. The Hall–Kier alpha value is -2.89. The highest BCUT2D eigenvalue weighted by molar-refractivity contribution is 6.05. The average molecular weight is 328 g/mol. The van der Waals surface area contributed by atoms with Crippen LogP contribution < -0.4 is 4.90 Å². The number of pyridine rings is 1. The van der Waals surface area contributed by atoms with Crippen LogP contribution in [0.5, 0.6) is 0 Å². The summed E-state index contributed by atoms with van der Waals surface area (Å²) in [6.07, 6.45) is 3.15. The monoisotopic (exact) mass is 328 g/mol. The Morgan fingerprint density at radius 2 is 2.17 bits per heavy atom. The Morgan fingerprint density at radius 1 is 1.38 bits per heavy atom. The predicted octanol–water partition coefficient (Wildman–Crippen LogP) is 4.22. The summed E-state index contributed by atoms with van der Waals surface area (Å²) in [6.45, 7) is 3.75. The van der Waals surface area contributed by atoms with E-state index >= 15 is 0 Å². The largest absolute Gasteiger partial charge is 0.460 e. The molecule has 0 spiro atoms. The molecule has 0 saturated carbocycles. The number of benzene rings is 1. The lowest BCUT2D eigenvalue weighted by atomic mass is 10.1. The van der Waals surface area contributed by atoms with Gasteiger partial charge in [0.1, 0.15) is 17.1 Å². The Morgan fingerprint density at radius 3 is 2.88 bits per heavy atom. The van der Waals surface area contributed by atoms with Crippen LogP contribution in [0.15, 0.2) is 41.1 Å². The van der Waals surface area contributed by atoms with E-state index in [0.717, 1.165) is 5.56 Å². The number of aryl methyl sites for hydroxylation is 1. The fourth-order valence-electron chi connectivity index (χ4n) is 2.60. The lowest BCUT2D eigenvalue weighted by Gasteiger charge is -2.20. The van der Waals surface area contributed by atoms with Crippen molar-refractivity contribution in [3.63, 3.8) is 0 Å². The topological polar surface area (TPSA) is 55.6 Å². The van der Waals surface area contributed by atoms with Crippen LogP contribution in [-0.4, -0.2) is 24.6 Å². The number of furan rings is 1. The molecule has 0 fully saturated rings. The van der Waals surface area contributed by atoms with Gasteiger partial charge in [0.25, 0.3) is 0 Å². The van der Waals surface area contributed by atoms with Crippen molar-refractivity contribution in [3.05, 3.63) is 53.8 Å². The van der Waals surface area contributed by atoms with Gasteiger partial charge in [0.2, 0.25) is 5.76 Å². The molecule has 2 heterocycles. The molecule has 0 N–H and O–H groups in total. The Kier molecular flexibility index (Phi) is 4.20. The number of ether oxygens (including phenoxy) is 1. The first-order chi connectivity index (χ1) is 11.5. The van der Waals surface area contributed by atoms with Crippen LogP contribution in [0.2, 0.25) is 0 Å². The fraction of sp³-hybridized carbons (Fsp3) is 0.222. The van der Waals surface area contributed by atoms with Gasteiger partial charge >= 0.3 is 5.97 Å². The molecule has 3 rings (SSSR count). The van der Waals surface area contributed by atoms with Crippen LogP contribution in [0.1, 0.15) is 23.0 Å². The third-order valence-corrected chi connectivity index (χ3v) is 3.72. The van der Waals surface area contributed by atoms with E-state index in [4.69, 9.17) is 9.15 Å². The van der Waals surface area contributed by atoms with Crippen LogP contribution >= 0.6 is 0 Å². The number of fused-ring (bicyclic) bond motifs is 1. The molecular weight excluding hydrogens is 311 g/mol. The number of rotatable bonds is 4. The second-order valence-electron chi connectivity index (χ2n) is 5.39. The van der Waals surface area contributed by atoms with Gasteiger partial charge in [-0.1, -0.05) is 6.07 Å². The summed E-state index contributed by atoms with van der Waals surface area (Å²) < 4.78 is 25.1. The molecule has 5 nitrogen and oxygen atoms in total. The van der Waals surface area contributed by atoms with Gasteiger partial charge in [-0.15, -0.1) is 0 Å². The minimum Gasteiger partial charge on any atom is -0.460 e. The zero-order valence-electron chi connectivity index (χ0n) is 13.7. The van der Waals surface area contributed by atoms with Crippen LogP contribution in [-0.2, 0) is 4.74 Å². The molecule has 0 saturated heterocycles. The van der Waals surface area contributed by atoms with Gasteiger partial charge < -0.3 is 14.1 Å². The maximum Gasteiger partial charge on any atom is 0.376 e. The third kappa shape index (κ3) is 2.71. The van der Waals surface area contributed by atoms with Crippen molar-refractivity contribution < 1.29 is 18.3 Å². The van der Waals surface area contributed by atoms with Gasteiger partial charge in [0.15, 0.2) is 0 Å². The molecule has 0 aliphatic carbocycles. The molecular formula is C18H17FN2O3. The standard InChI is InChI=1S/C18H17FN2O3/c1-4-23-18(22)17-16(12-10-20-8-7-15(12)24-17)21(3)14-6-5-11(2)9-13(14)19/h5-10H,4H2,1-3H3. The first-order valence-electron chi connectivity index (χ1n) is 7.56. The van der Waals surface area contributed by atoms with Crippen molar-refractivity contribution in [2.45, 2.75) is 13.8 Å². The summed E-state index contributed by atoms with van der Waals surface area (Å²) in [4.78, 5) is 17.9. The molecule has 0 bridgehead atoms. The number of hydrogen-bond donors (Lipinski definition) is 0. The van der Waals surface area contributed by atoms with Gasteiger partial charge in [-0.05, 0) is 37.6 Å². The Labute approximate surface area is 138 Å². The summed E-state index contributed by atoms with van der Waals surface area (Å²) in [5.74, 6) is -0.948. The molecule has 24 heavy (non-hydrogen) atoms. The van der Waals surface area contributed by atoms with Crippen molar-refractivity contribution in [1.29, 1.82) is 0 Å². The van der Waals surface area contributed by atoms with Crippen molar-refractivity contribution >= 4 is 28.3 Å². The van der Waals surface area contributed by atoms with E-state index in [-0.39, 0.29) is 18.2 Å². The van der Waals surface area contributed by atoms with Gasteiger partial charge in [0, 0.05) is 19.4 Å². The quantitative estimate of drug-likeness (QED) is 0.671. The summed E-state index contributed by atoms with van der Waals surface area (Å²) in [5.41, 5.74) is 2.06. The average Bonchev–Trinajstić information content (AvgIpc) is 2.94. The van der Waals surface area contributed by atoms with E-state index in [9.17, 15) is 9.18 Å². The highest BCUT2D eigenvalue weighted by Crippen LogP contribution is 2.38. The van der Waals surface area contributed by atoms with E-state index in [1.165, 1.54) is 6.07 Å². The number of nitrogens with zero attached hydrogens (tertiary/aromatic N) is 2. The van der Waals surface area contributed by atoms with Crippen molar-refractivity contribution in [3.8, 4) is 0 Å². The normalized spacial score (nSPS) is 10.8. The molecule has 0 aliphatic heterocycles. The Balaban J connectivity index is 2.19. The van der Waals surface area contributed by atoms with Gasteiger partial charge in [0.05, 0.1) is 17.7 Å². The molecule has 2 aromatic heterocycles. The first-order valence-corrected chi connectivity index (χ1v) is 7.56. The van der Waals surface area contributed by atoms with Crippen LogP contribution in [0.25, 0.3) is 11.0 Å². The maximum absolute atomic E-state index is 14.4. The SMILES string of the molecule is CCOC(=O)c1oc2ccncc2c1N(C)c1ccc(C)cc1F. The second-order valence-corrected chi connectivity index (χ2v) is 5.39. The molecule has 6 heteroatoms. The van der Waals surface area contributed by atoms with E-state index in [2.05, 4.69) is 4.98 Å². The fourth-order valence-corrected chi connectivity index (χ4v) is 2.60. The van der Waals surface area contributed by atoms with Crippen LogP contribution in [0.4, 0.5) is 15.8 Å². The highest BCUT2D eigenvalue weighted by atomic mass is 19.1. The lowest BCUT2D eigenvalue weighted by molar-refractivity contribution is 0.0494. The molecule has 3 aromatic rings. The molecule has 0 aliphatic rings. The number of hydrogen-bond acceptors (Lipinski definition) is 5. The predicted molar refractivity (Wildman–Crippen MR) is 89.2 cm³/mol. The number of aromatic nitrogens is 1. The van der Waals surface area contributed by atoms with Gasteiger partial charge in [-0.2, -0.15) is 0 Å². The number of anilines is 2. The van der Waals surface area contributed by atoms with Gasteiger partial charge in [-0.3, -0.25) is 4.98 Å². The van der Waals surface area contributed by atoms with E-state index in [0.29, 0.717) is 22.3 Å². The maximum atomic E-state index is 14.4. The zero-order valence-corrected chi connectivity index (χ0v) is 13.7. The number of carbonyl (C=O) groups is 1. The number of halogens is 1. The molecule has 1 aromatic carbocycles.